The molecule has 1 rings (SSSR count). The van der Waals surface area contributed by atoms with Crippen molar-refractivity contribution < 1.29 is 14.3 Å². The van der Waals surface area contributed by atoms with Crippen LogP contribution in [0.2, 0.25) is 0 Å². The second kappa shape index (κ2) is 4.24. The highest BCUT2D eigenvalue weighted by atomic mass is 16.6. The molecule has 94 valence electrons. The second-order valence-corrected chi connectivity index (χ2v) is 5.78. The normalized spacial score (nSPS) is 25.4. The Morgan fingerprint density at radius 3 is 2.44 bits per heavy atom. The van der Waals surface area contributed by atoms with Crippen molar-refractivity contribution in [2.75, 3.05) is 6.61 Å². The molecule has 4 heteroatoms. The molecule has 1 atom stereocenters. The molecule has 0 saturated carbocycles. The van der Waals surface area contributed by atoms with E-state index in [9.17, 15) is 4.79 Å². The van der Waals surface area contributed by atoms with Gasteiger partial charge in [-0.3, -0.25) is 4.90 Å². The van der Waals surface area contributed by atoms with Gasteiger partial charge in [0.1, 0.15) is 11.3 Å². The summed E-state index contributed by atoms with van der Waals surface area (Å²) in [6, 6.07) is 0.151. The second-order valence-electron chi connectivity index (χ2n) is 5.78. The number of carbonyl (C=O) groups is 1. The summed E-state index contributed by atoms with van der Waals surface area (Å²) in [5, 5.41) is 0. The van der Waals surface area contributed by atoms with Crippen molar-refractivity contribution in [2.45, 2.75) is 65.3 Å². The quantitative estimate of drug-likeness (QED) is 0.641. The highest BCUT2D eigenvalue weighted by molar-refractivity contribution is 5.69. The van der Waals surface area contributed by atoms with Crippen LogP contribution in [-0.4, -0.2) is 35.0 Å². The molecule has 0 radical (unpaired) electrons. The molecule has 1 aliphatic heterocycles. The van der Waals surface area contributed by atoms with Crippen LogP contribution in [0.1, 0.15) is 48.0 Å². The summed E-state index contributed by atoms with van der Waals surface area (Å²) >= 11 is 0. The first-order chi connectivity index (χ1) is 7.13. The molecule has 0 N–H and O–H groups in total. The van der Waals surface area contributed by atoms with Crippen LogP contribution in [0.4, 0.5) is 4.79 Å². The first-order valence-corrected chi connectivity index (χ1v) is 5.80. The zero-order chi connectivity index (χ0) is 12.6. The van der Waals surface area contributed by atoms with E-state index in [-0.39, 0.29) is 12.1 Å². The third kappa shape index (κ3) is 3.11. The largest absolute Gasteiger partial charge is 0.444 e. The van der Waals surface area contributed by atoms with Crippen LogP contribution in [0.3, 0.4) is 0 Å². The van der Waals surface area contributed by atoms with Gasteiger partial charge in [0.05, 0.1) is 6.61 Å². The number of nitrogens with zero attached hydrogens (tertiary/aromatic N) is 1. The van der Waals surface area contributed by atoms with Crippen molar-refractivity contribution in [1.82, 2.24) is 4.90 Å². The van der Waals surface area contributed by atoms with Crippen molar-refractivity contribution in [3.8, 4) is 0 Å². The molecule has 4 nitrogen and oxygen atoms in total. The Morgan fingerprint density at radius 1 is 1.44 bits per heavy atom. The van der Waals surface area contributed by atoms with E-state index < -0.39 is 11.3 Å². The average molecular weight is 229 g/mol. The maximum atomic E-state index is 12.1. The zero-order valence-corrected chi connectivity index (χ0v) is 11.2. The van der Waals surface area contributed by atoms with Crippen LogP contribution in [0.25, 0.3) is 0 Å². The lowest BCUT2D eigenvalue weighted by atomic mass is 10.1. The van der Waals surface area contributed by atoms with Crippen LogP contribution < -0.4 is 0 Å². The van der Waals surface area contributed by atoms with E-state index >= 15 is 0 Å². The van der Waals surface area contributed by atoms with Gasteiger partial charge in [0.15, 0.2) is 0 Å². The molecule has 1 saturated heterocycles. The predicted molar refractivity (Wildman–Crippen MR) is 62.2 cm³/mol. The van der Waals surface area contributed by atoms with Crippen LogP contribution in [0, 0.1) is 0 Å². The molecule has 1 heterocycles. The lowest BCUT2D eigenvalue weighted by molar-refractivity contribution is -0.172. The summed E-state index contributed by atoms with van der Waals surface area (Å²) in [6.45, 7) is 12.1. The molecule has 0 aromatic heterocycles. The van der Waals surface area contributed by atoms with Crippen molar-refractivity contribution in [2.24, 2.45) is 0 Å². The average Bonchev–Trinajstić information content (AvgIpc) is 1.97. The minimum absolute atomic E-state index is 0.151. The lowest BCUT2D eigenvalue weighted by Crippen LogP contribution is -2.58. The summed E-state index contributed by atoms with van der Waals surface area (Å²) in [6.07, 6.45) is 0.549. The molecule has 0 aromatic carbocycles. The molecule has 1 fully saturated rings. The third-order valence-corrected chi connectivity index (χ3v) is 2.60. The predicted octanol–water partition coefficient (Wildman–Crippen LogP) is 2.77. The molecule has 16 heavy (non-hydrogen) atoms. The molecule has 0 spiro atoms. The Morgan fingerprint density at radius 2 is 2.00 bits per heavy atom. The third-order valence-electron chi connectivity index (χ3n) is 2.60. The Bertz CT molecular complexity index is 268. The van der Waals surface area contributed by atoms with Crippen LogP contribution in [0.5, 0.6) is 0 Å². The van der Waals surface area contributed by atoms with Gasteiger partial charge in [0.2, 0.25) is 0 Å². The summed E-state index contributed by atoms with van der Waals surface area (Å²) in [4.78, 5) is 13.7. The molecule has 0 unspecified atom stereocenters. The van der Waals surface area contributed by atoms with Gasteiger partial charge in [-0.1, -0.05) is 0 Å². The summed E-state index contributed by atoms with van der Waals surface area (Å²) < 4.78 is 11.0. The van der Waals surface area contributed by atoms with Crippen molar-refractivity contribution >= 4 is 6.09 Å². The Kier molecular flexibility index (Phi) is 3.53. The molecule has 1 aliphatic rings. The van der Waals surface area contributed by atoms with E-state index in [1.54, 1.807) is 4.90 Å². The van der Waals surface area contributed by atoms with E-state index in [0.717, 1.165) is 6.42 Å². The van der Waals surface area contributed by atoms with Gasteiger partial charge >= 0.3 is 6.09 Å². The van der Waals surface area contributed by atoms with Crippen LogP contribution >= 0.6 is 0 Å². The Balaban J connectivity index is 2.79. The minimum Gasteiger partial charge on any atom is -0.444 e. The molecular weight excluding hydrogens is 206 g/mol. The number of hydrogen-bond donors (Lipinski definition) is 0. The number of amides is 1. The standard InChI is InChI=1S/C12H23NO3/c1-9-7-8-15-12(5,6)13(9)10(14)16-11(2,3)4/h9H,7-8H2,1-6H3/t9-/m0/s1. The van der Waals surface area contributed by atoms with Crippen molar-refractivity contribution in [3.05, 3.63) is 0 Å². The first kappa shape index (κ1) is 13.3. The maximum Gasteiger partial charge on any atom is 0.412 e. The molecule has 1 amide bonds. The summed E-state index contributed by atoms with van der Waals surface area (Å²) in [5.74, 6) is 0. The van der Waals surface area contributed by atoms with Gasteiger partial charge < -0.3 is 9.47 Å². The number of rotatable bonds is 0. The van der Waals surface area contributed by atoms with Crippen LogP contribution in [-0.2, 0) is 9.47 Å². The van der Waals surface area contributed by atoms with E-state index in [1.807, 2.05) is 41.5 Å². The summed E-state index contributed by atoms with van der Waals surface area (Å²) in [7, 11) is 0. The molecular formula is C12H23NO3. The highest BCUT2D eigenvalue weighted by Crippen LogP contribution is 2.28. The monoisotopic (exact) mass is 229 g/mol. The van der Waals surface area contributed by atoms with E-state index in [2.05, 4.69) is 0 Å². The van der Waals surface area contributed by atoms with E-state index in [1.165, 1.54) is 0 Å². The van der Waals surface area contributed by atoms with Crippen molar-refractivity contribution in [3.63, 3.8) is 0 Å². The van der Waals surface area contributed by atoms with E-state index in [0.29, 0.717) is 6.61 Å². The number of hydrogen-bond acceptors (Lipinski definition) is 3. The highest BCUT2D eigenvalue weighted by Gasteiger charge is 2.40. The lowest BCUT2D eigenvalue weighted by Gasteiger charge is -2.46. The minimum atomic E-state index is -0.583. The van der Waals surface area contributed by atoms with E-state index in [4.69, 9.17) is 9.47 Å². The maximum absolute atomic E-state index is 12.1. The Hall–Kier alpha value is -0.770. The number of ether oxygens (including phenoxy) is 2. The first-order valence-electron chi connectivity index (χ1n) is 5.80. The van der Waals surface area contributed by atoms with Crippen LogP contribution in [0.15, 0.2) is 0 Å². The van der Waals surface area contributed by atoms with Crippen molar-refractivity contribution in [1.29, 1.82) is 0 Å². The fourth-order valence-corrected chi connectivity index (χ4v) is 1.92. The SMILES string of the molecule is C[C@H]1CCOC(C)(C)N1C(=O)OC(C)(C)C. The van der Waals surface area contributed by atoms with Gasteiger partial charge in [-0.2, -0.15) is 0 Å². The van der Waals surface area contributed by atoms with Gasteiger partial charge in [-0.05, 0) is 48.0 Å². The fourth-order valence-electron chi connectivity index (χ4n) is 1.92. The smallest absolute Gasteiger partial charge is 0.412 e. The van der Waals surface area contributed by atoms with Gasteiger partial charge in [-0.25, -0.2) is 4.79 Å². The molecule has 0 bridgehead atoms. The van der Waals surface area contributed by atoms with Gasteiger partial charge in [0, 0.05) is 6.04 Å². The van der Waals surface area contributed by atoms with Gasteiger partial charge in [0.25, 0.3) is 0 Å². The molecule has 0 aromatic rings. The zero-order valence-electron chi connectivity index (χ0n) is 11.2. The number of carbonyl (C=O) groups excluding carboxylic acids is 1. The topological polar surface area (TPSA) is 38.8 Å². The summed E-state index contributed by atoms with van der Waals surface area (Å²) in [5.41, 5.74) is -1.05. The Labute approximate surface area is 97.9 Å². The molecule has 0 aliphatic carbocycles. The fraction of sp³-hybridized carbons (Fsp3) is 0.917. The van der Waals surface area contributed by atoms with Gasteiger partial charge in [-0.15, -0.1) is 0 Å².